The topological polar surface area (TPSA) is 17.1 Å². The lowest BCUT2D eigenvalue weighted by Gasteiger charge is -2.09. The Kier molecular flexibility index (Phi) is 3.93. The van der Waals surface area contributed by atoms with E-state index >= 15 is 0 Å². The number of Topliss-reactive ketones (excluding diaryl/α,β-unsaturated/α-hetero) is 1. The van der Waals surface area contributed by atoms with E-state index in [0.717, 1.165) is 28.8 Å². The van der Waals surface area contributed by atoms with E-state index in [0.29, 0.717) is 0 Å². The van der Waals surface area contributed by atoms with Crippen molar-refractivity contribution < 1.29 is 18.0 Å². The summed E-state index contributed by atoms with van der Waals surface area (Å²) in [6.07, 6.45) is 0.0308. The van der Waals surface area contributed by atoms with Gasteiger partial charge < -0.3 is 0 Å². The van der Waals surface area contributed by atoms with Crippen LogP contribution in [0.2, 0.25) is 0 Å². The predicted octanol–water partition coefficient (Wildman–Crippen LogP) is 4.15. The van der Waals surface area contributed by atoms with Crippen LogP contribution in [0.3, 0.4) is 0 Å². The quantitative estimate of drug-likeness (QED) is 0.609. The monoisotopic (exact) mass is 278 g/mol. The average Bonchev–Trinajstić information content (AvgIpc) is 2.39. The van der Waals surface area contributed by atoms with E-state index in [4.69, 9.17) is 0 Å². The molecule has 0 aliphatic rings. The highest BCUT2D eigenvalue weighted by Gasteiger charge is 2.16. The first-order chi connectivity index (χ1) is 9.40. The third-order valence-corrected chi connectivity index (χ3v) is 3.29. The first kappa shape index (κ1) is 14.3. The van der Waals surface area contributed by atoms with Crippen molar-refractivity contribution in [1.29, 1.82) is 0 Å². The number of rotatable bonds is 3. The summed E-state index contributed by atoms with van der Waals surface area (Å²) < 4.78 is 39.1. The predicted molar refractivity (Wildman–Crippen MR) is 70.3 cm³/mol. The lowest BCUT2D eigenvalue weighted by molar-refractivity contribution is 0.0991. The van der Waals surface area contributed by atoms with Crippen molar-refractivity contribution in [3.05, 3.63) is 70.0 Å². The molecule has 2 aromatic rings. The van der Waals surface area contributed by atoms with Crippen molar-refractivity contribution in [3.63, 3.8) is 0 Å². The summed E-state index contributed by atoms with van der Waals surface area (Å²) in [6.45, 7) is 3.73. The minimum Gasteiger partial charge on any atom is -0.294 e. The molecule has 2 rings (SSSR count). The molecule has 4 heteroatoms. The van der Waals surface area contributed by atoms with Crippen molar-refractivity contribution in [2.75, 3.05) is 0 Å². The molecule has 0 bridgehead atoms. The van der Waals surface area contributed by atoms with Gasteiger partial charge in [0.15, 0.2) is 23.2 Å². The number of halogens is 3. The second-order valence-electron chi connectivity index (χ2n) is 4.72. The second kappa shape index (κ2) is 5.49. The number of hydrogen-bond donors (Lipinski definition) is 0. The highest BCUT2D eigenvalue weighted by atomic mass is 19.2. The molecule has 0 N–H and O–H groups in total. The van der Waals surface area contributed by atoms with Crippen LogP contribution >= 0.6 is 0 Å². The third kappa shape index (κ3) is 2.74. The Balaban J connectivity index is 2.34. The number of aryl methyl sites for hydroxylation is 2. The maximum Gasteiger partial charge on any atom is 0.194 e. The maximum atomic E-state index is 13.1. The van der Waals surface area contributed by atoms with Crippen molar-refractivity contribution in [1.82, 2.24) is 0 Å². The van der Waals surface area contributed by atoms with Gasteiger partial charge in [-0.25, -0.2) is 13.2 Å². The Hall–Kier alpha value is -2.10. The van der Waals surface area contributed by atoms with Gasteiger partial charge in [-0.3, -0.25) is 4.79 Å². The number of ketones is 1. The van der Waals surface area contributed by atoms with Crippen molar-refractivity contribution in [2.24, 2.45) is 0 Å². The molecule has 0 unspecified atom stereocenters. The molecule has 0 saturated heterocycles. The zero-order chi connectivity index (χ0) is 14.9. The summed E-state index contributed by atoms with van der Waals surface area (Å²) in [5.41, 5.74) is 2.52. The second-order valence-corrected chi connectivity index (χ2v) is 4.72. The standard InChI is InChI=1S/C16H13F3O/c1-9-4-3-5-10(2)12(9)8-15(20)11-6-13(17)16(19)14(18)7-11/h3-7H,8H2,1-2H3. The molecule has 0 aliphatic carbocycles. The molecule has 0 heterocycles. The first-order valence-corrected chi connectivity index (χ1v) is 6.13. The Morgan fingerprint density at radius 2 is 1.50 bits per heavy atom. The van der Waals surface area contributed by atoms with Gasteiger partial charge in [-0.15, -0.1) is 0 Å². The maximum absolute atomic E-state index is 13.1. The Labute approximate surface area is 115 Å². The lowest BCUT2D eigenvalue weighted by Crippen LogP contribution is -2.08. The molecular formula is C16H13F3O. The Bertz CT molecular complexity index is 634. The smallest absolute Gasteiger partial charge is 0.194 e. The number of carbonyl (C=O) groups is 1. The van der Waals surface area contributed by atoms with Crippen LogP contribution in [0.5, 0.6) is 0 Å². The molecule has 0 saturated carbocycles. The van der Waals surface area contributed by atoms with Gasteiger partial charge in [-0.1, -0.05) is 18.2 Å². The van der Waals surface area contributed by atoms with Gasteiger partial charge in [0.05, 0.1) is 0 Å². The molecule has 2 aromatic carbocycles. The average molecular weight is 278 g/mol. The van der Waals surface area contributed by atoms with E-state index in [2.05, 4.69) is 0 Å². The summed E-state index contributed by atoms with van der Waals surface area (Å²) in [5.74, 6) is -4.71. The van der Waals surface area contributed by atoms with Gasteiger partial charge in [0.25, 0.3) is 0 Å². The molecule has 1 nitrogen and oxygen atoms in total. The van der Waals surface area contributed by atoms with Crippen LogP contribution in [0.25, 0.3) is 0 Å². The van der Waals surface area contributed by atoms with Gasteiger partial charge in [0, 0.05) is 12.0 Å². The van der Waals surface area contributed by atoms with Gasteiger partial charge in [0.2, 0.25) is 0 Å². The molecule has 0 aliphatic heterocycles. The fourth-order valence-corrected chi connectivity index (χ4v) is 2.11. The van der Waals surface area contributed by atoms with E-state index in [1.54, 1.807) is 0 Å². The van der Waals surface area contributed by atoms with E-state index < -0.39 is 23.2 Å². The highest BCUT2D eigenvalue weighted by molar-refractivity contribution is 5.97. The summed E-state index contributed by atoms with van der Waals surface area (Å²) in [5, 5.41) is 0. The molecule has 104 valence electrons. The van der Waals surface area contributed by atoms with Gasteiger partial charge in [-0.05, 0) is 42.7 Å². The van der Waals surface area contributed by atoms with Gasteiger partial charge in [0.1, 0.15) is 0 Å². The lowest BCUT2D eigenvalue weighted by atomic mass is 9.95. The number of carbonyl (C=O) groups excluding carboxylic acids is 1. The van der Waals surface area contributed by atoms with Crippen LogP contribution < -0.4 is 0 Å². The zero-order valence-electron chi connectivity index (χ0n) is 11.1. The third-order valence-electron chi connectivity index (χ3n) is 3.29. The van der Waals surface area contributed by atoms with Crippen LogP contribution in [-0.4, -0.2) is 5.78 Å². The summed E-state index contributed by atoms with van der Waals surface area (Å²) >= 11 is 0. The van der Waals surface area contributed by atoms with Crippen LogP contribution in [0.15, 0.2) is 30.3 Å². The van der Waals surface area contributed by atoms with Crippen molar-refractivity contribution >= 4 is 5.78 Å². The fourth-order valence-electron chi connectivity index (χ4n) is 2.11. The van der Waals surface area contributed by atoms with Crippen LogP contribution in [-0.2, 0) is 6.42 Å². The SMILES string of the molecule is Cc1cccc(C)c1CC(=O)c1cc(F)c(F)c(F)c1. The summed E-state index contributed by atoms with van der Waals surface area (Å²) in [4.78, 5) is 12.1. The van der Waals surface area contributed by atoms with E-state index in [1.165, 1.54) is 0 Å². The van der Waals surface area contributed by atoms with Gasteiger partial charge in [-0.2, -0.15) is 0 Å². The normalized spacial score (nSPS) is 10.7. The first-order valence-electron chi connectivity index (χ1n) is 6.13. The van der Waals surface area contributed by atoms with Crippen molar-refractivity contribution in [2.45, 2.75) is 20.3 Å². The Morgan fingerprint density at radius 1 is 1.00 bits per heavy atom. The van der Waals surface area contributed by atoms with E-state index in [1.807, 2.05) is 32.0 Å². The highest BCUT2D eigenvalue weighted by Crippen LogP contribution is 2.19. The minimum atomic E-state index is -1.56. The summed E-state index contributed by atoms with van der Waals surface area (Å²) in [7, 11) is 0. The molecule has 0 fully saturated rings. The van der Waals surface area contributed by atoms with E-state index in [9.17, 15) is 18.0 Å². The minimum absolute atomic E-state index is 0.0308. The number of hydrogen-bond acceptors (Lipinski definition) is 1. The van der Waals surface area contributed by atoms with Gasteiger partial charge >= 0.3 is 0 Å². The Morgan fingerprint density at radius 3 is 2.00 bits per heavy atom. The summed E-state index contributed by atoms with van der Waals surface area (Å²) in [6, 6.07) is 7.06. The van der Waals surface area contributed by atoms with Crippen LogP contribution in [0.1, 0.15) is 27.0 Å². The largest absolute Gasteiger partial charge is 0.294 e. The molecule has 0 amide bonds. The van der Waals surface area contributed by atoms with Crippen LogP contribution in [0, 0.1) is 31.3 Å². The molecular weight excluding hydrogens is 265 g/mol. The number of benzene rings is 2. The fraction of sp³-hybridized carbons (Fsp3) is 0.188. The molecule has 20 heavy (non-hydrogen) atoms. The molecule has 0 radical (unpaired) electrons. The molecule has 0 atom stereocenters. The van der Waals surface area contributed by atoms with Crippen molar-refractivity contribution in [3.8, 4) is 0 Å². The molecule has 0 aromatic heterocycles. The zero-order valence-corrected chi connectivity index (χ0v) is 11.1. The molecule has 0 spiro atoms. The van der Waals surface area contributed by atoms with Crippen LogP contribution in [0.4, 0.5) is 13.2 Å². The van der Waals surface area contributed by atoms with E-state index in [-0.39, 0.29) is 12.0 Å².